The molecule has 0 spiro atoms. The number of benzene rings is 1. The van der Waals surface area contributed by atoms with Crippen LogP contribution < -0.4 is 4.74 Å². The highest BCUT2D eigenvalue weighted by Gasteiger charge is 2.17. The number of carbonyl (C=O) groups is 1. The summed E-state index contributed by atoms with van der Waals surface area (Å²) in [6, 6.07) is 6.15. The van der Waals surface area contributed by atoms with Gasteiger partial charge in [-0.25, -0.2) is 0 Å². The molecule has 1 aromatic carbocycles. The molecule has 0 unspecified atom stereocenters. The number of fused-ring (bicyclic) bond motifs is 1. The zero-order valence-electron chi connectivity index (χ0n) is 11.1. The van der Waals surface area contributed by atoms with E-state index in [1.807, 2.05) is 18.2 Å². The topological polar surface area (TPSA) is 26.3 Å². The van der Waals surface area contributed by atoms with E-state index in [2.05, 4.69) is 19.9 Å². The number of unbranched alkanes of at least 4 members (excludes halogenated alkanes) is 1. The highest BCUT2D eigenvalue weighted by Crippen LogP contribution is 2.30. The minimum Gasteiger partial charge on any atom is -0.494 e. The van der Waals surface area contributed by atoms with Crippen molar-refractivity contribution in [3.63, 3.8) is 0 Å². The Bertz CT molecular complexity index is 460. The highest BCUT2D eigenvalue weighted by molar-refractivity contribution is 5.84. The van der Waals surface area contributed by atoms with Crippen molar-refractivity contribution in [2.24, 2.45) is 5.92 Å². The van der Waals surface area contributed by atoms with Gasteiger partial charge in [-0.1, -0.05) is 26.3 Å². The van der Waals surface area contributed by atoms with Crippen LogP contribution in [0.25, 0.3) is 6.08 Å². The number of hydrogen-bond acceptors (Lipinski definition) is 2. The average molecular weight is 244 g/mol. The van der Waals surface area contributed by atoms with E-state index in [0.717, 1.165) is 49.0 Å². The van der Waals surface area contributed by atoms with Crippen LogP contribution in [-0.4, -0.2) is 12.9 Å². The van der Waals surface area contributed by atoms with Crippen LogP contribution in [0.15, 0.2) is 23.8 Å². The van der Waals surface area contributed by atoms with E-state index < -0.39 is 0 Å². The van der Waals surface area contributed by atoms with Crippen molar-refractivity contribution in [2.75, 3.05) is 6.61 Å². The monoisotopic (exact) mass is 244 g/mol. The van der Waals surface area contributed by atoms with Crippen LogP contribution in [0, 0.1) is 5.92 Å². The van der Waals surface area contributed by atoms with Gasteiger partial charge in [0, 0.05) is 0 Å². The van der Waals surface area contributed by atoms with E-state index in [9.17, 15) is 4.79 Å². The van der Waals surface area contributed by atoms with Crippen molar-refractivity contribution in [3.05, 3.63) is 34.9 Å². The summed E-state index contributed by atoms with van der Waals surface area (Å²) in [6.07, 6.45) is 6.12. The minimum absolute atomic E-state index is 0.306. The molecule has 0 saturated heterocycles. The van der Waals surface area contributed by atoms with Crippen molar-refractivity contribution in [1.29, 1.82) is 0 Å². The summed E-state index contributed by atoms with van der Waals surface area (Å²) in [7, 11) is 0. The van der Waals surface area contributed by atoms with Crippen LogP contribution in [0.1, 0.15) is 37.8 Å². The summed E-state index contributed by atoms with van der Waals surface area (Å²) < 4.78 is 5.71. The molecular weight excluding hydrogens is 224 g/mol. The Morgan fingerprint density at radius 3 is 3.00 bits per heavy atom. The second-order valence-electron chi connectivity index (χ2n) is 4.93. The van der Waals surface area contributed by atoms with Gasteiger partial charge < -0.3 is 4.74 Å². The molecule has 0 saturated carbocycles. The number of aldehydes is 1. The van der Waals surface area contributed by atoms with Gasteiger partial charge in [-0.15, -0.1) is 0 Å². The Morgan fingerprint density at radius 2 is 2.28 bits per heavy atom. The predicted molar refractivity (Wildman–Crippen MR) is 73.8 cm³/mol. The van der Waals surface area contributed by atoms with Crippen LogP contribution >= 0.6 is 0 Å². The fourth-order valence-electron chi connectivity index (χ4n) is 2.24. The quantitative estimate of drug-likeness (QED) is 0.584. The van der Waals surface area contributed by atoms with E-state index >= 15 is 0 Å². The van der Waals surface area contributed by atoms with E-state index in [1.165, 1.54) is 5.56 Å². The van der Waals surface area contributed by atoms with Crippen LogP contribution in [0.5, 0.6) is 5.75 Å². The first-order valence-corrected chi connectivity index (χ1v) is 6.67. The molecule has 0 radical (unpaired) electrons. The second-order valence-corrected chi connectivity index (χ2v) is 4.93. The molecule has 0 aliphatic heterocycles. The third-order valence-electron chi connectivity index (χ3n) is 3.43. The van der Waals surface area contributed by atoms with Crippen molar-refractivity contribution in [1.82, 2.24) is 0 Å². The Balaban J connectivity index is 2.16. The summed E-state index contributed by atoms with van der Waals surface area (Å²) in [6.45, 7) is 5.03. The fraction of sp³-hybridized carbons (Fsp3) is 0.438. The first-order chi connectivity index (χ1) is 8.74. The van der Waals surface area contributed by atoms with Gasteiger partial charge in [0.1, 0.15) is 12.0 Å². The van der Waals surface area contributed by atoms with Gasteiger partial charge in [0.05, 0.1) is 6.61 Å². The fourth-order valence-corrected chi connectivity index (χ4v) is 2.24. The number of allylic oxidation sites excluding steroid dienone is 1. The van der Waals surface area contributed by atoms with Gasteiger partial charge in [-0.3, -0.25) is 4.79 Å². The SMILES string of the molecule is CCCCOc1ccc2c(c1)C[C@@H](C)C(C=O)=C2. The third-order valence-corrected chi connectivity index (χ3v) is 3.43. The Kier molecular flexibility index (Phi) is 4.19. The van der Waals surface area contributed by atoms with Crippen LogP contribution in [-0.2, 0) is 11.2 Å². The first kappa shape index (κ1) is 12.9. The van der Waals surface area contributed by atoms with Crippen LogP contribution in [0.4, 0.5) is 0 Å². The van der Waals surface area contributed by atoms with E-state index in [4.69, 9.17) is 4.74 Å². The van der Waals surface area contributed by atoms with Crippen LogP contribution in [0.2, 0.25) is 0 Å². The van der Waals surface area contributed by atoms with E-state index in [0.29, 0.717) is 5.92 Å². The summed E-state index contributed by atoms with van der Waals surface area (Å²) in [5.74, 6) is 1.25. The van der Waals surface area contributed by atoms with Crippen molar-refractivity contribution < 1.29 is 9.53 Å². The smallest absolute Gasteiger partial charge is 0.146 e. The van der Waals surface area contributed by atoms with Crippen LogP contribution in [0.3, 0.4) is 0 Å². The molecule has 0 fully saturated rings. The van der Waals surface area contributed by atoms with Crippen molar-refractivity contribution in [2.45, 2.75) is 33.1 Å². The lowest BCUT2D eigenvalue weighted by molar-refractivity contribution is -0.105. The molecule has 18 heavy (non-hydrogen) atoms. The summed E-state index contributed by atoms with van der Waals surface area (Å²) in [5.41, 5.74) is 3.32. The molecule has 1 aromatic rings. The van der Waals surface area contributed by atoms with Gasteiger partial charge in [0.25, 0.3) is 0 Å². The highest BCUT2D eigenvalue weighted by atomic mass is 16.5. The average Bonchev–Trinajstić information content (AvgIpc) is 2.38. The normalized spacial score (nSPS) is 17.9. The van der Waals surface area contributed by atoms with E-state index in [-0.39, 0.29) is 0 Å². The minimum atomic E-state index is 0.306. The molecule has 0 bridgehead atoms. The van der Waals surface area contributed by atoms with Gasteiger partial charge in [0.15, 0.2) is 0 Å². The van der Waals surface area contributed by atoms with Gasteiger partial charge in [-0.05, 0) is 53.7 Å². The standard InChI is InChI=1S/C16H20O2/c1-3-4-7-18-16-6-5-13-9-15(11-17)12(2)8-14(13)10-16/h5-6,9-12H,3-4,7-8H2,1-2H3/t12-/m1/s1. The molecule has 0 amide bonds. The Hall–Kier alpha value is -1.57. The summed E-state index contributed by atoms with van der Waals surface area (Å²) >= 11 is 0. The molecule has 1 aliphatic rings. The molecule has 1 atom stereocenters. The number of carbonyl (C=O) groups excluding carboxylic acids is 1. The number of hydrogen-bond donors (Lipinski definition) is 0. The zero-order valence-corrected chi connectivity index (χ0v) is 11.1. The van der Waals surface area contributed by atoms with Crippen molar-refractivity contribution in [3.8, 4) is 5.75 Å². The predicted octanol–water partition coefficient (Wildman–Crippen LogP) is 3.64. The molecular formula is C16H20O2. The van der Waals surface area contributed by atoms with E-state index in [1.54, 1.807) is 0 Å². The third kappa shape index (κ3) is 2.81. The Labute approximate surface area is 109 Å². The summed E-state index contributed by atoms with van der Waals surface area (Å²) in [5, 5.41) is 0. The molecule has 96 valence electrons. The van der Waals surface area contributed by atoms with Gasteiger partial charge >= 0.3 is 0 Å². The molecule has 0 heterocycles. The van der Waals surface area contributed by atoms with Gasteiger partial charge in [-0.2, -0.15) is 0 Å². The lowest BCUT2D eigenvalue weighted by Crippen LogP contribution is -2.11. The Morgan fingerprint density at radius 1 is 1.44 bits per heavy atom. The first-order valence-electron chi connectivity index (χ1n) is 6.67. The maximum Gasteiger partial charge on any atom is 0.146 e. The zero-order chi connectivity index (χ0) is 13.0. The number of rotatable bonds is 5. The molecule has 0 aromatic heterocycles. The molecule has 2 nitrogen and oxygen atoms in total. The van der Waals surface area contributed by atoms with Crippen molar-refractivity contribution >= 4 is 12.4 Å². The molecule has 2 rings (SSSR count). The largest absolute Gasteiger partial charge is 0.494 e. The number of ether oxygens (including phenoxy) is 1. The lowest BCUT2D eigenvalue weighted by atomic mass is 9.85. The summed E-state index contributed by atoms with van der Waals surface area (Å²) in [4.78, 5) is 10.9. The molecule has 0 N–H and O–H groups in total. The maximum atomic E-state index is 10.9. The molecule has 2 heteroatoms. The lowest BCUT2D eigenvalue weighted by Gasteiger charge is -2.20. The molecule has 1 aliphatic carbocycles. The van der Waals surface area contributed by atoms with Gasteiger partial charge in [0.2, 0.25) is 0 Å². The second kappa shape index (κ2) is 5.85. The maximum absolute atomic E-state index is 10.9.